The molecule has 2 heterocycles. The average molecular weight is 302 g/mol. The molecule has 3 aromatic rings. The van der Waals surface area contributed by atoms with E-state index >= 15 is 0 Å². The van der Waals surface area contributed by atoms with Gasteiger partial charge in [-0.3, -0.25) is 4.79 Å². The minimum atomic E-state index is -0.216. The first-order valence-electron chi connectivity index (χ1n) is 6.36. The van der Waals surface area contributed by atoms with Crippen LogP contribution in [0.3, 0.4) is 0 Å². The van der Waals surface area contributed by atoms with Crippen molar-refractivity contribution in [2.45, 2.75) is 6.54 Å². The smallest absolute Gasteiger partial charge is 0.263 e. The third-order valence-electron chi connectivity index (χ3n) is 3.14. The van der Waals surface area contributed by atoms with Crippen LogP contribution in [0.4, 0.5) is 5.69 Å². The van der Waals surface area contributed by atoms with E-state index < -0.39 is 0 Å². The van der Waals surface area contributed by atoms with Crippen molar-refractivity contribution in [3.8, 4) is 5.75 Å². The van der Waals surface area contributed by atoms with Gasteiger partial charge in [0, 0.05) is 4.70 Å². The number of rotatable bonds is 4. The zero-order valence-corrected chi connectivity index (χ0v) is 12.2. The van der Waals surface area contributed by atoms with Gasteiger partial charge in [0.05, 0.1) is 31.0 Å². The number of methoxy groups -OCH3 is 1. The van der Waals surface area contributed by atoms with Crippen LogP contribution in [0.1, 0.15) is 15.4 Å². The second kappa shape index (κ2) is 5.49. The summed E-state index contributed by atoms with van der Waals surface area (Å²) >= 11 is 1.35. The summed E-state index contributed by atoms with van der Waals surface area (Å²) in [5.74, 6) is 1.15. The molecule has 0 aliphatic rings. The first-order chi connectivity index (χ1) is 10.2. The molecule has 0 aliphatic heterocycles. The minimum Gasteiger partial charge on any atom is -0.496 e. The highest BCUT2D eigenvalue weighted by atomic mass is 32.1. The second-order valence-corrected chi connectivity index (χ2v) is 5.49. The molecule has 0 unspecified atom stereocenters. The van der Waals surface area contributed by atoms with Gasteiger partial charge in [-0.15, -0.1) is 11.3 Å². The molecule has 3 N–H and O–H groups in total. The Morgan fingerprint density at radius 1 is 1.38 bits per heavy atom. The van der Waals surface area contributed by atoms with Crippen LogP contribution in [0.15, 0.2) is 41.0 Å². The fourth-order valence-corrected chi connectivity index (χ4v) is 3.20. The predicted molar refractivity (Wildman–Crippen MR) is 82.7 cm³/mol. The van der Waals surface area contributed by atoms with E-state index in [0.717, 1.165) is 10.1 Å². The summed E-state index contributed by atoms with van der Waals surface area (Å²) in [6.07, 6.45) is 1.57. The number of anilines is 1. The number of carbonyl (C=O) groups excluding carboxylic acids is 1. The molecule has 1 aromatic carbocycles. The molecular weight excluding hydrogens is 288 g/mol. The molecule has 1 amide bonds. The molecule has 2 aromatic heterocycles. The fourth-order valence-electron chi connectivity index (χ4n) is 2.14. The van der Waals surface area contributed by atoms with Crippen molar-refractivity contribution in [2.75, 3.05) is 12.8 Å². The van der Waals surface area contributed by atoms with Crippen LogP contribution in [-0.4, -0.2) is 13.0 Å². The number of hydrogen-bond acceptors (Lipinski definition) is 5. The molecule has 0 spiro atoms. The number of fused-ring (bicyclic) bond motifs is 1. The SMILES string of the molecule is COc1cccc2sc(C(=O)NCc3ccco3)c(N)c12. The Morgan fingerprint density at radius 3 is 2.95 bits per heavy atom. The van der Waals surface area contributed by atoms with Crippen LogP contribution < -0.4 is 15.8 Å². The third-order valence-corrected chi connectivity index (χ3v) is 4.31. The summed E-state index contributed by atoms with van der Waals surface area (Å²) in [4.78, 5) is 12.8. The number of thiophene rings is 1. The Hall–Kier alpha value is -2.47. The van der Waals surface area contributed by atoms with Gasteiger partial charge in [-0.05, 0) is 24.3 Å². The molecule has 0 fully saturated rings. The van der Waals surface area contributed by atoms with Crippen LogP contribution in [0, 0.1) is 0 Å². The Balaban J connectivity index is 1.89. The van der Waals surface area contributed by atoms with Crippen LogP contribution in [0.2, 0.25) is 0 Å². The number of benzene rings is 1. The van der Waals surface area contributed by atoms with Crippen LogP contribution in [-0.2, 0) is 6.54 Å². The molecule has 3 rings (SSSR count). The van der Waals surface area contributed by atoms with Crippen LogP contribution in [0.25, 0.3) is 10.1 Å². The largest absolute Gasteiger partial charge is 0.496 e. The van der Waals surface area contributed by atoms with Crippen molar-refractivity contribution >= 4 is 33.0 Å². The summed E-state index contributed by atoms with van der Waals surface area (Å²) in [7, 11) is 1.59. The summed E-state index contributed by atoms with van der Waals surface area (Å²) in [6.45, 7) is 0.330. The number of hydrogen-bond donors (Lipinski definition) is 2. The van der Waals surface area contributed by atoms with Gasteiger partial charge in [0.15, 0.2) is 0 Å². The predicted octanol–water partition coefficient (Wildman–Crippen LogP) is 3.02. The van der Waals surface area contributed by atoms with Gasteiger partial charge < -0.3 is 20.2 Å². The van der Waals surface area contributed by atoms with Crippen molar-refractivity contribution in [2.24, 2.45) is 0 Å². The van der Waals surface area contributed by atoms with Crippen molar-refractivity contribution in [3.05, 3.63) is 47.2 Å². The Morgan fingerprint density at radius 2 is 2.24 bits per heavy atom. The lowest BCUT2D eigenvalue weighted by molar-refractivity contribution is 0.0953. The molecule has 0 saturated carbocycles. The molecular formula is C15H14N2O3S. The zero-order valence-electron chi connectivity index (χ0n) is 11.4. The lowest BCUT2D eigenvalue weighted by Gasteiger charge is -2.03. The summed E-state index contributed by atoms with van der Waals surface area (Å²) in [5.41, 5.74) is 6.56. The van der Waals surface area contributed by atoms with Crippen molar-refractivity contribution in [1.82, 2.24) is 5.32 Å². The van der Waals surface area contributed by atoms with Crippen molar-refractivity contribution < 1.29 is 13.9 Å². The Bertz CT molecular complexity index is 778. The topological polar surface area (TPSA) is 77.5 Å². The number of furan rings is 1. The average Bonchev–Trinajstić information content (AvgIpc) is 3.13. The first kappa shape index (κ1) is 13.5. The molecule has 108 valence electrons. The maximum Gasteiger partial charge on any atom is 0.263 e. The molecule has 5 nitrogen and oxygen atoms in total. The van der Waals surface area contributed by atoms with Crippen LogP contribution >= 0.6 is 11.3 Å². The highest BCUT2D eigenvalue weighted by Gasteiger charge is 2.18. The van der Waals surface area contributed by atoms with Gasteiger partial charge >= 0.3 is 0 Å². The van der Waals surface area contributed by atoms with E-state index in [0.29, 0.717) is 28.6 Å². The lowest BCUT2D eigenvalue weighted by Crippen LogP contribution is -2.22. The fraction of sp³-hybridized carbons (Fsp3) is 0.133. The monoisotopic (exact) mass is 302 g/mol. The van der Waals surface area contributed by atoms with Crippen molar-refractivity contribution in [3.63, 3.8) is 0 Å². The van der Waals surface area contributed by atoms with Gasteiger partial charge in [-0.1, -0.05) is 6.07 Å². The Kier molecular flexibility index (Phi) is 3.53. The van der Waals surface area contributed by atoms with E-state index in [-0.39, 0.29) is 5.91 Å². The normalized spacial score (nSPS) is 10.7. The maximum atomic E-state index is 12.3. The van der Waals surface area contributed by atoms with Gasteiger partial charge in [0.25, 0.3) is 5.91 Å². The highest BCUT2D eigenvalue weighted by Crippen LogP contribution is 2.39. The number of ether oxygens (including phenoxy) is 1. The molecule has 0 bridgehead atoms. The van der Waals surface area contributed by atoms with E-state index in [1.165, 1.54) is 11.3 Å². The number of nitrogens with two attached hydrogens (primary N) is 1. The van der Waals surface area contributed by atoms with E-state index in [1.807, 2.05) is 18.2 Å². The quantitative estimate of drug-likeness (QED) is 0.776. The molecule has 21 heavy (non-hydrogen) atoms. The van der Waals surface area contributed by atoms with E-state index in [4.69, 9.17) is 14.9 Å². The number of carbonyl (C=O) groups is 1. The summed E-state index contributed by atoms with van der Waals surface area (Å²) < 4.78 is 11.4. The second-order valence-electron chi connectivity index (χ2n) is 4.44. The standard InChI is InChI=1S/C15H14N2O3S/c1-19-10-5-2-6-11-12(10)13(16)14(21-11)15(18)17-8-9-4-3-7-20-9/h2-7H,8,16H2,1H3,(H,17,18). The molecule has 0 atom stereocenters. The minimum absolute atomic E-state index is 0.216. The number of nitrogens with one attached hydrogen (secondary N) is 1. The number of amides is 1. The molecule has 0 saturated heterocycles. The number of nitrogen functional groups attached to an aromatic ring is 1. The molecule has 0 aliphatic carbocycles. The highest BCUT2D eigenvalue weighted by molar-refractivity contribution is 7.21. The summed E-state index contributed by atoms with van der Waals surface area (Å²) in [6, 6.07) is 9.21. The first-order valence-corrected chi connectivity index (χ1v) is 7.18. The van der Waals surface area contributed by atoms with Crippen molar-refractivity contribution in [1.29, 1.82) is 0 Å². The Labute approximate surface area is 125 Å². The van der Waals surface area contributed by atoms with Gasteiger partial charge in [-0.2, -0.15) is 0 Å². The van der Waals surface area contributed by atoms with Crippen LogP contribution in [0.5, 0.6) is 5.75 Å². The van der Waals surface area contributed by atoms with E-state index in [9.17, 15) is 4.79 Å². The lowest BCUT2D eigenvalue weighted by atomic mass is 10.2. The van der Waals surface area contributed by atoms with Gasteiger partial charge in [0.2, 0.25) is 0 Å². The van der Waals surface area contributed by atoms with E-state index in [2.05, 4.69) is 5.32 Å². The summed E-state index contributed by atoms with van der Waals surface area (Å²) in [5, 5.41) is 3.58. The third kappa shape index (κ3) is 2.45. The molecule has 0 radical (unpaired) electrons. The van der Waals surface area contributed by atoms with Gasteiger partial charge in [0.1, 0.15) is 16.4 Å². The maximum absolute atomic E-state index is 12.3. The van der Waals surface area contributed by atoms with E-state index in [1.54, 1.807) is 25.5 Å². The molecule has 6 heteroatoms. The zero-order chi connectivity index (χ0) is 14.8. The van der Waals surface area contributed by atoms with Gasteiger partial charge in [-0.25, -0.2) is 0 Å².